The maximum Gasteiger partial charge on any atom is 0.0444 e. The zero-order chi connectivity index (χ0) is 14.7. The van der Waals surface area contributed by atoms with Crippen LogP contribution >= 0.6 is 11.3 Å². The number of nitrogens with one attached hydrogen (secondary N) is 1. The minimum atomic E-state index is 0.397. The summed E-state index contributed by atoms with van der Waals surface area (Å²) in [4.78, 5) is 4.03. The van der Waals surface area contributed by atoms with Crippen LogP contribution in [0.5, 0.6) is 0 Å². The minimum absolute atomic E-state index is 0.397. The number of likely N-dealkylation sites (N-methyl/N-ethyl adjacent to an activating group) is 1. The van der Waals surface area contributed by atoms with Crippen LogP contribution in [0.3, 0.4) is 0 Å². The zero-order valence-electron chi connectivity index (χ0n) is 13.6. The van der Waals surface area contributed by atoms with Gasteiger partial charge in [-0.05, 0) is 57.1 Å². The summed E-state index contributed by atoms with van der Waals surface area (Å²) in [6.07, 6.45) is 11.2. The van der Waals surface area contributed by atoms with Crippen LogP contribution in [0.4, 0.5) is 0 Å². The van der Waals surface area contributed by atoms with Gasteiger partial charge < -0.3 is 10.2 Å². The average Bonchev–Trinajstić information content (AvgIpc) is 3.23. The first-order valence-corrected chi connectivity index (χ1v) is 9.53. The largest absolute Gasteiger partial charge is 0.307 e. The van der Waals surface area contributed by atoms with Crippen molar-refractivity contribution in [3.05, 3.63) is 22.4 Å². The van der Waals surface area contributed by atoms with E-state index >= 15 is 0 Å². The summed E-state index contributed by atoms with van der Waals surface area (Å²) in [6.45, 7) is 1.15. The molecule has 1 heterocycles. The number of thiophene rings is 1. The molecule has 1 aromatic heterocycles. The van der Waals surface area contributed by atoms with Crippen molar-refractivity contribution < 1.29 is 0 Å². The van der Waals surface area contributed by atoms with Gasteiger partial charge in [-0.15, -0.1) is 11.3 Å². The van der Waals surface area contributed by atoms with E-state index in [1.54, 1.807) is 4.88 Å². The van der Waals surface area contributed by atoms with Crippen LogP contribution in [-0.4, -0.2) is 31.1 Å². The molecule has 3 heteroatoms. The van der Waals surface area contributed by atoms with Gasteiger partial charge in [0.2, 0.25) is 0 Å². The Labute approximate surface area is 133 Å². The Morgan fingerprint density at radius 2 is 1.95 bits per heavy atom. The number of hydrogen-bond donors (Lipinski definition) is 1. The van der Waals surface area contributed by atoms with E-state index < -0.39 is 0 Å². The molecule has 0 saturated heterocycles. The van der Waals surface area contributed by atoms with E-state index in [4.69, 9.17) is 0 Å². The molecule has 118 valence electrons. The molecular formula is C18H30N2S. The van der Waals surface area contributed by atoms with Crippen LogP contribution in [0.25, 0.3) is 0 Å². The van der Waals surface area contributed by atoms with Crippen molar-refractivity contribution in [3.63, 3.8) is 0 Å². The van der Waals surface area contributed by atoms with Gasteiger partial charge >= 0.3 is 0 Å². The minimum Gasteiger partial charge on any atom is -0.307 e. The molecule has 1 N–H and O–H groups in total. The fraction of sp³-hybridized carbons (Fsp3) is 0.778. The van der Waals surface area contributed by atoms with Gasteiger partial charge in [-0.2, -0.15) is 0 Å². The normalized spacial score (nSPS) is 24.0. The Balaban J connectivity index is 1.69. The van der Waals surface area contributed by atoms with Crippen molar-refractivity contribution in [1.82, 2.24) is 10.2 Å². The van der Waals surface area contributed by atoms with Crippen molar-refractivity contribution in [2.24, 2.45) is 5.92 Å². The first kappa shape index (κ1) is 15.5. The van der Waals surface area contributed by atoms with E-state index in [-0.39, 0.29) is 0 Å². The van der Waals surface area contributed by atoms with Gasteiger partial charge in [0.05, 0.1) is 0 Å². The summed E-state index contributed by atoms with van der Waals surface area (Å²) in [6, 6.07) is 5.13. The molecule has 2 nitrogen and oxygen atoms in total. The molecule has 2 aliphatic carbocycles. The molecule has 0 amide bonds. The zero-order valence-corrected chi connectivity index (χ0v) is 14.4. The van der Waals surface area contributed by atoms with Crippen LogP contribution in [0.2, 0.25) is 0 Å². The van der Waals surface area contributed by atoms with E-state index in [9.17, 15) is 0 Å². The third-order valence-electron chi connectivity index (χ3n) is 5.85. The molecular weight excluding hydrogens is 276 g/mol. The van der Waals surface area contributed by atoms with Gasteiger partial charge in [-0.3, -0.25) is 0 Å². The Kier molecular flexibility index (Phi) is 5.03. The SMILES string of the molecule is CN(C)C1(CNC(c2cccs2)C2CCCC2)CCCC1. The molecule has 1 atom stereocenters. The van der Waals surface area contributed by atoms with E-state index in [2.05, 4.69) is 41.8 Å². The standard InChI is InChI=1S/C18H30N2S/c1-20(2)18(11-5-6-12-18)14-19-17(15-8-3-4-9-15)16-10-7-13-21-16/h7,10,13,15,17,19H,3-6,8-9,11-12,14H2,1-2H3. The Hall–Kier alpha value is -0.380. The van der Waals surface area contributed by atoms with E-state index in [1.807, 2.05) is 11.3 Å². The highest BCUT2D eigenvalue weighted by atomic mass is 32.1. The van der Waals surface area contributed by atoms with E-state index in [0.29, 0.717) is 11.6 Å². The first-order valence-electron chi connectivity index (χ1n) is 8.65. The predicted molar refractivity (Wildman–Crippen MR) is 91.9 cm³/mol. The van der Waals surface area contributed by atoms with Crippen LogP contribution < -0.4 is 5.32 Å². The van der Waals surface area contributed by atoms with Crippen molar-refractivity contribution >= 4 is 11.3 Å². The summed E-state index contributed by atoms with van der Waals surface area (Å²) >= 11 is 1.93. The lowest BCUT2D eigenvalue weighted by Crippen LogP contribution is -2.50. The highest BCUT2D eigenvalue weighted by Crippen LogP contribution is 2.39. The molecule has 2 aliphatic rings. The fourth-order valence-corrected chi connectivity index (χ4v) is 5.27. The lowest BCUT2D eigenvalue weighted by molar-refractivity contribution is 0.144. The maximum absolute atomic E-state index is 4.00. The number of rotatable bonds is 6. The fourth-order valence-electron chi connectivity index (χ4n) is 4.37. The molecule has 21 heavy (non-hydrogen) atoms. The Morgan fingerprint density at radius 3 is 2.52 bits per heavy atom. The van der Waals surface area contributed by atoms with Gasteiger partial charge in [-0.1, -0.05) is 31.7 Å². The van der Waals surface area contributed by atoms with Gasteiger partial charge in [-0.25, -0.2) is 0 Å². The van der Waals surface area contributed by atoms with Crippen LogP contribution in [0.1, 0.15) is 62.3 Å². The lowest BCUT2D eigenvalue weighted by Gasteiger charge is -2.38. The summed E-state index contributed by atoms with van der Waals surface area (Å²) in [5.74, 6) is 0.851. The Morgan fingerprint density at radius 1 is 1.24 bits per heavy atom. The van der Waals surface area contributed by atoms with Gasteiger partial charge in [0.1, 0.15) is 0 Å². The molecule has 3 rings (SSSR count). The first-order chi connectivity index (χ1) is 10.2. The Bertz CT molecular complexity index is 414. The van der Waals surface area contributed by atoms with Crippen molar-refractivity contribution in [3.8, 4) is 0 Å². The summed E-state index contributed by atoms with van der Waals surface area (Å²) in [7, 11) is 4.53. The predicted octanol–water partition coefficient (Wildman–Crippen LogP) is 4.44. The number of nitrogens with zero attached hydrogens (tertiary/aromatic N) is 1. The second kappa shape index (κ2) is 6.80. The van der Waals surface area contributed by atoms with Gasteiger partial charge in [0.25, 0.3) is 0 Å². The van der Waals surface area contributed by atoms with Gasteiger partial charge in [0, 0.05) is 23.0 Å². The number of hydrogen-bond acceptors (Lipinski definition) is 3. The monoisotopic (exact) mass is 306 g/mol. The molecule has 1 unspecified atom stereocenters. The highest BCUT2D eigenvalue weighted by molar-refractivity contribution is 7.10. The van der Waals surface area contributed by atoms with E-state index in [1.165, 1.54) is 51.4 Å². The summed E-state index contributed by atoms with van der Waals surface area (Å²) < 4.78 is 0. The molecule has 2 saturated carbocycles. The molecule has 1 aromatic rings. The lowest BCUT2D eigenvalue weighted by atomic mass is 9.92. The second-order valence-electron chi connectivity index (χ2n) is 7.24. The van der Waals surface area contributed by atoms with Crippen molar-refractivity contribution in [2.45, 2.75) is 62.9 Å². The molecule has 0 spiro atoms. The van der Waals surface area contributed by atoms with Crippen LogP contribution in [-0.2, 0) is 0 Å². The molecule has 0 aliphatic heterocycles. The quantitative estimate of drug-likeness (QED) is 0.835. The molecule has 0 bridgehead atoms. The second-order valence-corrected chi connectivity index (χ2v) is 8.22. The van der Waals surface area contributed by atoms with E-state index in [0.717, 1.165) is 12.5 Å². The molecule has 2 fully saturated rings. The smallest absolute Gasteiger partial charge is 0.0444 e. The molecule has 0 aromatic carbocycles. The summed E-state index contributed by atoms with van der Waals surface area (Å²) in [5, 5.41) is 6.23. The topological polar surface area (TPSA) is 15.3 Å². The van der Waals surface area contributed by atoms with Crippen molar-refractivity contribution in [2.75, 3.05) is 20.6 Å². The summed E-state index contributed by atoms with van der Waals surface area (Å²) in [5.41, 5.74) is 0.397. The highest BCUT2D eigenvalue weighted by Gasteiger charge is 2.37. The maximum atomic E-state index is 4.00. The third kappa shape index (κ3) is 3.35. The van der Waals surface area contributed by atoms with Crippen LogP contribution in [0, 0.1) is 5.92 Å². The third-order valence-corrected chi connectivity index (χ3v) is 6.81. The van der Waals surface area contributed by atoms with Gasteiger partial charge in [0.15, 0.2) is 0 Å². The molecule has 0 radical (unpaired) electrons. The average molecular weight is 307 g/mol. The van der Waals surface area contributed by atoms with Crippen molar-refractivity contribution in [1.29, 1.82) is 0 Å². The van der Waals surface area contributed by atoms with Crippen LogP contribution in [0.15, 0.2) is 17.5 Å².